The molecule has 1 saturated heterocycles. The molecular weight excluding hydrogens is 500 g/mol. The number of rotatable bonds is 9. The number of hydrogen-bond acceptors (Lipinski definition) is 10. The van der Waals surface area contributed by atoms with Crippen molar-refractivity contribution in [2.75, 3.05) is 17.2 Å². The molecule has 0 radical (unpaired) electrons. The van der Waals surface area contributed by atoms with Crippen LogP contribution in [0.4, 0.5) is 5.13 Å². The van der Waals surface area contributed by atoms with Crippen molar-refractivity contribution in [1.82, 2.24) is 15.2 Å². The third-order valence-corrected chi connectivity index (χ3v) is 8.14. The smallest absolute Gasteiger partial charge is 0.353 e. The number of carboxylic acid groups (broad SMARTS) is 1. The number of aromatic nitrogens is 2. The molecule has 14 heteroatoms. The summed E-state index contributed by atoms with van der Waals surface area (Å²) in [5.74, 6) is -1.32. The number of hydrogen-bond donors (Lipinski definition) is 3. The molecule has 2 unspecified atom stereocenters. The largest absolute Gasteiger partial charge is 0.477 e. The predicted octanol–water partition coefficient (Wildman–Crippen LogP) is 0.583. The van der Waals surface area contributed by atoms with Crippen LogP contribution < -0.4 is 15.6 Å². The van der Waals surface area contributed by atoms with E-state index in [4.69, 9.17) is 10.6 Å². The van der Waals surface area contributed by atoms with Gasteiger partial charge in [0.05, 0.1) is 11.7 Å². The van der Waals surface area contributed by atoms with E-state index in [0.29, 0.717) is 27.2 Å². The molecular formula is C20H21N6O5S3+. The highest BCUT2D eigenvalue weighted by molar-refractivity contribution is 8.06. The average molecular weight is 522 g/mol. The van der Waals surface area contributed by atoms with Gasteiger partial charge in [-0.2, -0.15) is 0 Å². The van der Waals surface area contributed by atoms with Crippen LogP contribution in [0.25, 0.3) is 0 Å². The van der Waals surface area contributed by atoms with Crippen LogP contribution in [0, 0.1) is 0 Å². The van der Waals surface area contributed by atoms with Crippen molar-refractivity contribution in [3.8, 4) is 0 Å². The Balaban J connectivity index is 1.34. The van der Waals surface area contributed by atoms with Gasteiger partial charge in [-0.05, 0) is 0 Å². The molecule has 4 heterocycles. The van der Waals surface area contributed by atoms with Crippen LogP contribution in [0.1, 0.15) is 5.69 Å². The third kappa shape index (κ3) is 5.34. The second kappa shape index (κ2) is 10.4. The summed E-state index contributed by atoms with van der Waals surface area (Å²) in [5, 5.41) is 18.1. The Kier molecular flexibility index (Phi) is 7.38. The molecule has 34 heavy (non-hydrogen) atoms. The highest BCUT2D eigenvalue weighted by atomic mass is 32.2. The maximum atomic E-state index is 12.7. The standard InChI is InChI=1S/C20H20N6O5S3/c1-25-4-2-12(3-5-25)32-10-14-17(19(29)30)26-13(9-33-14)16(18(26)28)24-15(27)6-22-31-7-11-8-34-20(21)23-11/h2-6,8,13,16H,7,9-10H2,1H3,(H3-,21,23,24,27,29,30)/p+1. The molecule has 0 spiro atoms. The molecule has 11 nitrogen and oxygen atoms in total. The fourth-order valence-electron chi connectivity index (χ4n) is 3.37. The van der Waals surface area contributed by atoms with Gasteiger partial charge in [-0.25, -0.2) is 14.3 Å². The van der Waals surface area contributed by atoms with Gasteiger partial charge in [0.2, 0.25) is 0 Å². The highest BCUT2D eigenvalue weighted by Crippen LogP contribution is 2.41. The number of carboxylic acids is 1. The predicted molar refractivity (Wildman–Crippen MR) is 128 cm³/mol. The summed E-state index contributed by atoms with van der Waals surface area (Å²) >= 11 is 4.16. The molecule has 4 rings (SSSR count). The third-order valence-electron chi connectivity index (χ3n) is 5.00. The second-order valence-corrected chi connectivity index (χ2v) is 10.4. The first kappa shape index (κ1) is 24.0. The number of thiazole rings is 1. The number of aliphatic carboxylic acids is 1. The number of pyridine rings is 1. The van der Waals surface area contributed by atoms with E-state index in [-0.39, 0.29) is 12.3 Å². The SMILES string of the molecule is C[n+]1ccc(SCC2=C(C(=O)O)N3C(=O)C(NC(=O)C=NOCc4csc(N)n4)C3CS2)cc1. The number of anilines is 1. The lowest BCUT2D eigenvalue weighted by atomic mass is 9.94. The minimum Gasteiger partial charge on any atom is -0.477 e. The van der Waals surface area contributed by atoms with E-state index in [1.807, 2.05) is 36.1 Å². The molecule has 2 aliphatic rings. The molecule has 2 amide bonds. The van der Waals surface area contributed by atoms with Gasteiger partial charge in [0.1, 0.15) is 25.0 Å². The number of aryl methyl sites for hydroxylation is 1. The molecule has 2 atom stereocenters. The number of fused-ring (bicyclic) bond motifs is 1. The quantitative estimate of drug-likeness (QED) is 0.142. The zero-order valence-electron chi connectivity index (χ0n) is 17.9. The van der Waals surface area contributed by atoms with Crippen molar-refractivity contribution in [3.63, 3.8) is 0 Å². The first-order chi connectivity index (χ1) is 16.3. The first-order valence-electron chi connectivity index (χ1n) is 9.99. The number of carbonyl (C=O) groups excluding carboxylic acids is 2. The summed E-state index contributed by atoms with van der Waals surface area (Å²) in [5.41, 5.74) is 6.10. The summed E-state index contributed by atoms with van der Waals surface area (Å²) in [6.07, 6.45) is 4.75. The molecule has 2 aromatic rings. The topological polar surface area (TPSA) is 151 Å². The lowest BCUT2D eigenvalue weighted by Crippen LogP contribution is -2.72. The summed E-state index contributed by atoms with van der Waals surface area (Å²) in [7, 11) is 1.92. The number of nitrogens with zero attached hydrogens (tertiary/aromatic N) is 4. The van der Waals surface area contributed by atoms with E-state index >= 15 is 0 Å². The molecule has 2 aliphatic heterocycles. The van der Waals surface area contributed by atoms with Crippen molar-refractivity contribution in [2.45, 2.75) is 23.6 Å². The number of nitrogen functional groups attached to an aromatic ring is 1. The molecule has 178 valence electrons. The number of amides is 2. The number of thioether (sulfide) groups is 2. The molecule has 0 saturated carbocycles. The number of carbonyl (C=O) groups is 3. The van der Waals surface area contributed by atoms with E-state index in [2.05, 4.69) is 15.5 Å². The van der Waals surface area contributed by atoms with Crippen LogP contribution in [-0.4, -0.2) is 62.6 Å². The number of nitrogens with one attached hydrogen (secondary N) is 1. The monoisotopic (exact) mass is 521 g/mol. The van der Waals surface area contributed by atoms with Crippen molar-refractivity contribution < 1.29 is 28.9 Å². The van der Waals surface area contributed by atoms with Crippen LogP contribution in [-0.2, 0) is 32.9 Å². The minimum atomic E-state index is -1.16. The van der Waals surface area contributed by atoms with Crippen molar-refractivity contribution in [3.05, 3.63) is 46.2 Å². The van der Waals surface area contributed by atoms with Crippen molar-refractivity contribution in [1.29, 1.82) is 0 Å². The minimum absolute atomic E-state index is 0.0229. The Morgan fingerprint density at radius 2 is 2.24 bits per heavy atom. The fourth-order valence-corrected chi connectivity index (χ4v) is 6.21. The molecule has 4 N–H and O–H groups in total. The number of nitrogens with two attached hydrogens (primary N) is 1. The van der Waals surface area contributed by atoms with Gasteiger partial charge < -0.3 is 21.0 Å². The van der Waals surface area contributed by atoms with Crippen LogP contribution >= 0.6 is 34.9 Å². The lowest BCUT2D eigenvalue weighted by molar-refractivity contribution is -0.671. The van der Waals surface area contributed by atoms with Gasteiger partial charge in [0.25, 0.3) is 11.8 Å². The van der Waals surface area contributed by atoms with Crippen molar-refractivity contribution >= 4 is 64.0 Å². The van der Waals surface area contributed by atoms with E-state index in [1.54, 1.807) is 5.38 Å². The van der Waals surface area contributed by atoms with Gasteiger partial charge in [-0.3, -0.25) is 14.5 Å². The summed E-state index contributed by atoms with van der Waals surface area (Å²) in [6.45, 7) is 0.0574. The van der Waals surface area contributed by atoms with E-state index in [1.165, 1.54) is 39.8 Å². The van der Waals surface area contributed by atoms with E-state index in [0.717, 1.165) is 11.1 Å². The summed E-state index contributed by atoms with van der Waals surface area (Å²) in [4.78, 5) is 48.7. The lowest BCUT2D eigenvalue weighted by Gasteiger charge is -2.49. The molecule has 0 aliphatic carbocycles. The maximum absolute atomic E-state index is 12.7. The van der Waals surface area contributed by atoms with Crippen LogP contribution in [0.3, 0.4) is 0 Å². The fraction of sp³-hybridized carbons (Fsp3) is 0.300. The second-order valence-electron chi connectivity index (χ2n) is 7.32. The first-order valence-corrected chi connectivity index (χ1v) is 12.8. The van der Waals surface area contributed by atoms with Gasteiger partial charge in [-0.1, -0.05) is 5.16 Å². The Morgan fingerprint density at radius 3 is 2.91 bits per heavy atom. The molecule has 0 aromatic carbocycles. The Labute approximate surface area is 207 Å². The zero-order valence-corrected chi connectivity index (χ0v) is 20.4. The summed E-state index contributed by atoms with van der Waals surface area (Å²) < 4.78 is 1.91. The number of oxime groups is 1. The normalized spacial score (nSPS) is 19.7. The molecule has 1 fully saturated rings. The molecule has 0 bridgehead atoms. The average Bonchev–Trinajstić information content (AvgIpc) is 3.24. The van der Waals surface area contributed by atoms with Crippen LogP contribution in [0.2, 0.25) is 0 Å². The molecule has 2 aromatic heterocycles. The van der Waals surface area contributed by atoms with Crippen molar-refractivity contribution in [2.24, 2.45) is 12.2 Å². The highest BCUT2D eigenvalue weighted by Gasteiger charge is 2.53. The van der Waals surface area contributed by atoms with Crippen LogP contribution in [0.15, 0.2) is 50.6 Å². The Bertz CT molecular complexity index is 1170. The number of β-lactam (4-membered cyclic amide) rings is 1. The van der Waals surface area contributed by atoms with Gasteiger partial charge in [0, 0.05) is 38.8 Å². The Morgan fingerprint density at radius 1 is 1.47 bits per heavy atom. The Hall–Kier alpha value is -3.10. The van der Waals surface area contributed by atoms with E-state index < -0.39 is 29.9 Å². The van der Waals surface area contributed by atoms with Gasteiger partial charge in [0.15, 0.2) is 24.1 Å². The van der Waals surface area contributed by atoms with Gasteiger partial charge >= 0.3 is 5.97 Å². The van der Waals surface area contributed by atoms with Gasteiger partial charge in [-0.15, -0.1) is 34.9 Å². The zero-order chi connectivity index (χ0) is 24.2. The van der Waals surface area contributed by atoms with Crippen LogP contribution in [0.5, 0.6) is 0 Å². The summed E-state index contributed by atoms with van der Waals surface area (Å²) in [6, 6.07) is 2.63. The van der Waals surface area contributed by atoms with E-state index in [9.17, 15) is 19.5 Å². The maximum Gasteiger partial charge on any atom is 0.353 e.